The predicted octanol–water partition coefficient (Wildman–Crippen LogP) is 5.56. The summed E-state index contributed by atoms with van der Waals surface area (Å²) >= 11 is 6.13. The van der Waals surface area contributed by atoms with E-state index in [1.807, 2.05) is 18.2 Å². The third-order valence-corrected chi connectivity index (χ3v) is 7.30. The van der Waals surface area contributed by atoms with Gasteiger partial charge in [0.05, 0.1) is 24.1 Å². The van der Waals surface area contributed by atoms with Crippen molar-refractivity contribution in [2.75, 3.05) is 13.2 Å². The summed E-state index contributed by atoms with van der Waals surface area (Å²) in [5, 5.41) is 0.708. The van der Waals surface area contributed by atoms with Crippen molar-refractivity contribution in [1.82, 2.24) is 14.9 Å². The van der Waals surface area contributed by atoms with Crippen LogP contribution in [0.5, 0.6) is 5.88 Å². The minimum Gasteiger partial charge on any atom is -0.472 e. The monoisotopic (exact) mass is 519 g/mol. The Morgan fingerprint density at radius 2 is 1.97 bits per heavy atom. The molecule has 190 valence electrons. The highest BCUT2D eigenvalue weighted by molar-refractivity contribution is 6.76. The van der Waals surface area contributed by atoms with E-state index >= 15 is 0 Å². The molecule has 2 heterocycles. The van der Waals surface area contributed by atoms with Gasteiger partial charge in [0.2, 0.25) is 11.2 Å². The summed E-state index contributed by atoms with van der Waals surface area (Å²) in [7, 11) is -1.38. The zero-order valence-electron chi connectivity index (χ0n) is 21.3. The summed E-state index contributed by atoms with van der Waals surface area (Å²) < 4.78 is 17.3. The first-order chi connectivity index (χ1) is 16.3. The lowest BCUT2D eigenvalue weighted by molar-refractivity contribution is -0.148. The molecule has 1 fully saturated rings. The topological polar surface area (TPSA) is 90.9 Å². The van der Waals surface area contributed by atoms with Crippen LogP contribution in [0.1, 0.15) is 32.8 Å². The van der Waals surface area contributed by atoms with E-state index in [0.717, 1.165) is 11.6 Å². The van der Waals surface area contributed by atoms with Crippen molar-refractivity contribution >= 4 is 48.7 Å². The number of esters is 1. The number of likely N-dealkylation sites (tertiary alicyclic amines) is 1. The highest BCUT2D eigenvalue weighted by atomic mass is 35.5. The second kappa shape index (κ2) is 10.5. The molecular weight excluding hydrogens is 486 g/mol. The van der Waals surface area contributed by atoms with Crippen LogP contribution in [-0.2, 0) is 14.3 Å². The summed E-state index contributed by atoms with van der Waals surface area (Å²) in [4.78, 5) is 35.8. The van der Waals surface area contributed by atoms with Gasteiger partial charge < -0.3 is 14.2 Å². The van der Waals surface area contributed by atoms with Crippen LogP contribution in [0.4, 0.5) is 4.79 Å². The molecule has 0 aliphatic carbocycles. The van der Waals surface area contributed by atoms with Gasteiger partial charge in [-0.1, -0.05) is 38.4 Å². The molecular formula is C25H34ClN3O5Si. The number of nitrogens with zero attached hydrogens (tertiary/aromatic N) is 3. The van der Waals surface area contributed by atoms with E-state index in [4.69, 9.17) is 25.8 Å². The van der Waals surface area contributed by atoms with E-state index in [2.05, 4.69) is 36.2 Å². The molecule has 35 heavy (non-hydrogen) atoms. The number of fused-ring (bicyclic) bond motifs is 1. The van der Waals surface area contributed by atoms with Gasteiger partial charge in [0.15, 0.2) is 0 Å². The Morgan fingerprint density at radius 3 is 2.60 bits per heavy atom. The van der Waals surface area contributed by atoms with Gasteiger partial charge in [-0.15, -0.1) is 0 Å². The lowest BCUT2D eigenvalue weighted by Gasteiger charge is -2.27. The zero-order valence-corrected chi connectivity index (χ0v) is 23.0. The van der Waals surface area contributed by atoms with Crippen molar-refractivity contribution in [2.24, 2.45) is 0 Å². The van der Waals surface area contributed by atoms with Crippen molar-refractivity contribution in [2.45, 2.75) is 70.6 Å². The quantitative estimate of drug-likeness (QED) is 0.268. The van der Waals surface area contributed by atoms with Crippen LogP contribution < -0.4 is 4.74 Å². The molecule has 1 saturated heterocycles. The Balaban J connectivity index is 1.84. The number of carbonyl (C=O) groups is 2. The molecule has 10 heteroatoms. The first-order valence-electron chi connectivity index (χ1n) is 11.7. The maximum atomic E-state index is 13.0. The van der Waals surface area contributed by atoms with E-state index in [1.54, 1.807) is 26.8 Å². The van der Waals surface area contributed by atoms with Gasteiger partial charge in [0, 0.05) is 14.5 Å². The molecule has 3 rings (SSSR count). The van der Waals surface area contributed by atoms with Crippen LogP contribution in [0.25, 0.3) is 17.0 Å². The van der Waals surface area contributed by atoms with Crippen molar-refractivity contribution in [1.29, 1.82) is 0 Å². The average Bonchev–Trinajstić information content (AvgIpc) is 3.15. The lowest BCUT2D eigenvalue weighted by Crippen LogP contribution is -2.44. The Bertz CT molecular complexity index is 1110. The standard InChI is InChI=1S/C25H34ClN3O5Si/c1-8-16-9-10-19-18(13-16)21(28-23(26)27-19)33-17-14-20(22(30)32-11-12-35(5,6)7)29(15-17)24(31)34-25(2,3)4/h8-10,13,17,20H,1,11-12,14-15H2,2-7H3/t17-,20-/m0/s1. The van der Waals surface area contributed by atoms with Gasteiger partial charge in [-0.3, -0.25) is 4.90 Å². The SMILES string of the molecule is C=Cc1ccc2nc(Cl)nc(O[C@H]3C[C@@H](C(=O)OCC[Si](C)(C)C)N(C(=O)OC(C)(C)C)C3)c2c1. The molecule has 0 radical (unpaired) electrons. The van der Waals surface area contributed by atoms with E-state index in [1.165, 1.54) is 4.90 Å². The van der Waals surface area contributed by atoms with Crippen molar-refractivity contribution in [3.63, 3.8) is 0 Å². The van der Waals surface area contributed by atoms with E-state index in [9.17, 15) is 9.59 Å². The smallest absolute Gasteiger partial charge is 0.411 e. The van der Waals surface area contributed by atoms with E-state index < -0.39 is 37.9 Å². The fourth-order valence-corrected chi connectivity index (χ4v) is 4.53. The van der Waals surface area contributed by atoms with Crippen LogP contribution in [0, 0.1) is 0 Å². The van der Waals surface area contributed by atoms with Gasteiger partial charge in [0.25, 0.3) is 0 Å². The maximum Gasteiger partial charge on any atom is 0.411 e. The number of halogens is 1. The molecule has 8 nitrogen and oxygen atoms in total. The Kier molecular flexibility index (Phi) is 8.11. The highest BCUT2D eigenvalue weighted by Gasteiger charge is 2.44. The number of hydrogen-bond donors (Lipinski definition) is 0. The molecule has 1 aromatic heterocycles. The molecule has 2 aromatic rings. The number of benzene rings is 1. The number of ether oxygens (including phenoxy) is 3. The van der Waals surface area contributed by atoms with Gasteiger partial charge >= 0.3 is 12.1 Å². The van der Waals surface area contributed by atoms with Crippen molar-refractivity contribution < 1.29 is 23.8 Å². The zero-order chi connectivity index (χ0) is 26.0. The number of hydrogen-bond acceptors (Lipinski definition) is 7. The second-order valence-electron chi connectivity index (χ2n) is 10.9. The summed E-state index contributed by atoms with van der Waals surface area (Å²) in [5.41, 5.74) is 0.786. The highest BCUT2D eigenvalue weighted by Crippen LogP contribution is 2.30. The Labute approximate surface area is 212 Å². The van der Waals surface area contributed by atoms with Gasteiger partial charge in [-0.2, -0.15) is 4.98 Å². The number of carbonyl (C=O) groups excluding carboxylic acids is 2. The van der Waals surface area contributed by atoms with E-state index in [0.29, 0.717) is 17.5 Å². The second-order valence-corrected chi connectivity index (χ2v) is 16.8. The van der Waals surface area contributed by atoms with Crippen LogP contribution in [0.3, 0.4) is 0 Å². The third kappa shape index (κ3) is 7.41. The third-order valence-electron chi connectivity index (χ3n) is 5.43. The summed E-state index contributed by atoms with van der Waals surface area (Å²) in [6.45, 7) is 16.2. The molecule has 1 aromatic carbocycles. The van der Waals surface area contributed by atoms with Crippen molar-refractivity contribution in [3.8, 4) is 5.88 Å². The largest absolute Gasteiger partial charge is 0.472 e. The van der Waals surface area contributed by atoms with Crippen LogP contribution in [-0.4, -0.2) is 65.9 Å². The van der Waals surface area contributed by atoms with Gasteiger partial charge in [-0.05, 0) is 56.1 Å². The van der Waals surface area contributed by atoms with E-state index in [-0.39, 0.29) is 24.1 Å². The minimum atomic E-state index is -1.38. The first kappa shape index (κ1) is 26.9. The predicted molar refractivity (Wildman–Crippen MR) is 140 cm³/mol. The maximum absolute atomic E-state index is 13.0. The van der Waals surface area contributed by atoms with Gasteiger partial charge in [0.1, 0.15) is 17.7 Å². The minimum absolute atomic E-state index is 0.0446. The van der Waals surface area contributed by atoms with Crippen molar-refractivity contribution in [3.05, 3.63) is 35.6 Å². The van der Waals surface area contributed by atoms with Crippen LogP contribution in [0.15, 0.2) is 24.8 Å². The molecule has 1 aliphatic rings. The average molecular weight is 520 g/mol. The van der Waals surface area contributed by atoms with Crippen LogP contribution >= 0.6 is 11.6 Å². The molecule has 1 amide bonds. The molecule has 2 atom stereocenters. The summed E-state index contributed by atoms with van der Waals surface area (Å²) in [5.74, 6) is -0.176. The fraction of sp³-hybridized carbons (Fsp3) is 0.520. The molecule has 0 spiro atoms. The lowest BCUT2D eigenvalue weighted by atomic mass is 10.1. The molecule has 0 unspecified atom stereocenters. The number of rotatable bonds is 7. The number of aromatic nitrogens is 2. The Morgan fingerprint density at radius 1 is 1.26 bits per heavy atom. The van der Waals surface area contributed by atoms with Crippen LogP contribution in [0.2, 0.25) is 31.0 Å². The summed E-state index contributed by atoms with van der Waals surface area (Å²) in [6.07, 6.45) is 0.855. The molecule has 0 saturated carbocycles. The molecule has 0 N–H and O–H groups in total. The molecule has 0 bridgehead atoms. The summed E-state index contributed by atoms with van der Waals surface area (Å²) in [6, 6.07) is 5.57. The normalized spacial score (nSPS) is 18.4. The fourth-order valence-electron chi connectivity index (χ4n) is 3.65. The molecule has 1 aliphatic heterocycles. The first-order valence-corrected chi connectivity index (χ1v) is 15.8. The number of amides is 1. The Hall–Kier alpha value is -2.65. The van der Waals surface area contributed by atoms with Gasteiger partial charge in [-0.25, -0.2) is 14.6 Å².